The SMILES string of the molecule is O=C(COC(=O)Cn1nc(-c2ccc(F)cc2)oc1=O)NCCCc1ccccc1. The van der Waals surface area contributed by atoms with Crippen LogP contribution >= 0.6 is 0 Å². The second-order valence-corrected chi connectivity index (χ2v) is 6.44. The summed E-state index contributed by atoms with van der Waals surface area (Å²) in [4.78, 5) is 35.5. The van der Waals surface area contributed by atoms with E-state index in [1.165, 1.54) is 29.8 Å². The van der Waals surface area contributed by atoms with Gasteiger partial charge in [-0.1, -0.05) is 30.3 Å². The molecule has 0 radical (unpaired) electrons. The Hall–Kier alpha value is -3.75. The molecule has 0 aliphatic carbocycles. The van der Waals surface area contributed by atoms with Crippen molar-refractivity contribution in [1.29, 1.82) is 0 Å². The zero-order chi connectivity index (χ0) is 21.3. The molecule has 3 rings (SSSR count). The summed E-state index contributed by atoms with van der Waals surface area (Å²) in [5.41, 5.74) is 1.56. The molecule has 8 nitrogen and oxygen atoms in total. The van der Waals surface area contributed by atoms with Crippen molar-refractivity contribution < 1.29 is 23.1 Å². The number of rotatable bonds is 9. The zero-order valence-corrected chi connectivity index (χ0v) is 16.0. The normalized spacial score (nSPS) is 10.6. The third kappa shape index (κ3) is 6.13. The standard InChI is InChI=1S/C21H20FN3O5/c22-17-10-8-16(9-11-17)20-24-25(21(28)30-20)13-19(27)29-14-18(26)23-12-4-7-15-5-2-1-3-6-15/h1-3,5-6,8-11H,4,7,12-14H2,(H,23,26). The van der Waals surface area contributed by atoms with Crippen LogP contribution in [0.2, 0.25) is 0 Å². The molecule has 2 aromatic carbocycles. The third-order valence-electron chi connectivity index (χ3n) is 4.15. The Morgan fingerprint density at radius 1 is 1.10 bits per heavy atom. The third-order valence-corrected chi connectivity index (χ3v) is 4.15. The molecule has 30 heavy (non-hydrogen) atoms. The average Bonchev–Trinajstić information content (AvgIpc) is 3.11. The second kappa shape index (κ2) is 10.1. The summed E-state index contributed by atoms with van der Waals surface area (Å²) >= 11 is 0. The van der Waals surface area contributed by atoms with E-state index in [0.29, 0.717) is 12.1 Å². The van der Waals surface area contributed by atoms with E-state index in [9.17, 15) is 18.8 Å². The Morgan fingerprint density at radius 3 is 2.57 bits per heavy atom. The predicted molar refractivity (Wildman–Crippen MR) is 105 cm³/mol. The fraction of sp³-hybridized carbons (Fsp3) is 0.238. The van der Waals surface area contributed by atoms with E-state index in [0.717, 1.165) is 17.5 Å². The predicted octanol–water partition coefficient (Wildman–Crippen LogP) is 1.93. The summed E-state index contributed by atoms with van der Waals surface area (Å²) < 4.78 is 23.6. The molecule has 3 aromatic rings. The molecule has 0 fully saturated rings. The fourth-order valence-electron chi connectivity index (χ4n) is 2.65. The van der Waals surface area contributed by atoms with E-state index in [1.807, 2.05) is 30.3 Å². The van der Waals surface area contributed by atoms with Gasteiger partial charge in [-0.3, -0.25) is 9.59 Å². The van der Waals surface area contributed by atoms with Gasteiger partial charge in [0.2, 0.25) is 5.89 Å². The number of ether oxygens (including phenoxy) is 1. The summed E-state index contributed by atoms with van der Waals surface area (Å²) in [7, 11) is 0. The molecule has 0 spiro atoms. The number of hydrogen-bond acceptors (Lipinski definition) is 6. The van der Waals surface area contributed by atoms with Crippen molar-refractivity contribution in [1.82, 2.24) is 15.1 Å². The van der Waals surface area contributed by atoms with Gasteiger partial charge in [0.1, 0.15) is 12.4 Å². The van der Waals surface area contributed by atoms with Crippen LogP contribution in [-0.4, -0.2) is 34.8 Å². The molecule has 0 unspecified atom stereocenters. The van der Waals surface area contributed by atoms with Gasteiger partial charge in [0.15, 0.2) is 6.61 Å². The van der Waals surface area contributed by atoms with E-state index in [4.69, 9.17) is 9.15 Å². The molecule has 0 saturated heterocycles. The summed E-state index contributed by atoms with van der Waals surface area (Å²) in [6.45, 7) is -0.512. The maximum atomic E-state index is 13.0. The molecule has 1 heterocycles. The van der Waals surface area contributed by atoms with E-state index in [1.54, 1.807) is 0 Å². The number of nitrogens with one attached hydrogen (secondary N) is 1. The van der Waals surface area contributed by atoms with Gasteiger partial charge in [-0.05, 0) is 42.7 Å². The van der Waals surface area contributed by atoms with Gasteiger partial charge >= 0.3 is 11.7 Å². The Bertz CT molecular complexity index is 1040. The highest BCUT2D eigenvalue weighted by Crippen LogP contribution is 2.15. The van der Waals surface area contributed by atoms with E-state index >= 15 is 0 Å². The van der Waals surface area contributed by atoms with Crippen molar-refractivity contribution in [3.63, 3.8) is 0 Å². The molecule has 1 aromatic heterocycles. The van der Waals surface area contributed by atoms with Crippen molar-refractivity contribution in [2.45, 2.75) is 19.4 Å². The highest BCUT2D eigenvalue weighted by Gasteiger charge is 2.15. The minimum atomic E-state index is -0.864. The van der Waals surface area contributed by atoms with Crippen molar-refractivity contribution in [2.24, 2.45) is 0 Å². The van der Waals surface area contributed by atoms with Gasteiger partial charge in [0.05, 0.1) is 0 Å². The van der Waals surface area contributed by atoms with Crippen LogP contribution in [0.5, 0.6) is 0 Å². The maximum absolute atomic E-state index is 13.0. The van der Waals surface area contributed by atoms with Gasteiger partial charge in [-0.15, -0.1) is 5.10 Å². The highest BCUT2D eigenvalue weighted by atomic mass is 19.1. The van der Waals surface area contributed by atoms with Gasteiger partial charge in [-0.2, -0.15) is 4.68 Å². The molecule has 0 aliphatic heterocycles. The largest absolute Gasteiger partial charge is 0.454 e. The van der Waals surface area contributed by atoms with Gasteiger partial charge in [0.25, 0.3) is 5.91 Å². The lowest BCUT2D eigenvalue weighted by Gasteiger charge is -2.06. The number of benzene rings is 2. The smallest absolute Gasteiger partial charge is 0.437 e. The van der Waals surface area contributed by atoms with E-state index in [-0.39, 0.29) is 5.89 Å². The zero-order valence-electron chi connectivity index (χ0n) is 16.0. The Kier molecular flexibility index (Phi) is 7.09. The summed E-state index contributed by atoms with van der Waals surface area (Å²) in [6.07, 6.45) is 1.58. The van der Waals surface area contributed by atoms with Crippen LogP contribution in [-0.2, 0) is 27.3 Å². The summed E-state index contributed by atoms with van der Waals surface area (Å²) in [6, 6.07) is 15.1. The second-order valence-electron chi connectivity index (χ2n) is 6.44. The fourth-order valence-corrected chi connectivity index (χ4v) is 2.65. The lowest BCUT2D eigenvalue weighted by molar-refractivity contribution is -0.149. The van der Waals surface area contributed by atoms with Crippen LogP contribution in [0.3, 0.4) is 0 Å². The first-order chi connectivity index (χ1) is 14.5. The summed E-state index contributed by atoms with van der Waals surface area (Å²) in [5.74, 6) is -2.60. The number of carbonyl (C=O) groups is 2. The number of amides is 1. The number of hydrogen-bond donors (Lipinski definition) is 1. The van der Waals surface area contributed by atoms with Crippen molar-refractivity contribution in [3.05, 3.63) is 76.5 Å². The van der Waals surface area contributed by atoms with Crippen LogP contribution in [0.4, 0.5) is 4.39 Å². The molecule has 0 atom stereocenters. The van der Waals surface area contributed by atoms with Crippen LogP contribution in [0.1, 0.15) is 12.0 Å². The molecule has 0 bridgehead atoms. The number of aryl methyl sites for hydroxylation is 1. The monoisotopic (exact) mass is 413 g/mol. The lowest BCUT2D eigenvalue weighted by Crippen LogP contribution is -2.31. The Balaban J connectivity index is 1.40. The molecule has 9 heteroatoms. The first kappa shape index (κ1) is 21.0. The maximum Gasteiger partial charge on any atom is 0.437 e. The van der Waals surface area contributed by atoms with Crippen molar-refractivity contribution >= 4 is 11.9 Å². The Morgan fingerprint density at radius 2 is 1.83 bits per heavy atom. The highest BCUT2D eigenvalue weighted by molar-refractivity contribution is 5.80. The molecular weight excluding hydrogens is 393 g/mol. The summed E-state index contributed by atoms with van der Waals surface area (Å²) in [5, 5.41) is 6.54. The number of carbonyl (C=O) groups excluding carboxylic acids is 2. The van der Waals surface area contributed by atoms with Crippen LogP contribution in [0.25, 0.3) is 11.5 Å². The molecular formula is C21H20FN3O5. The van der Waals surface area contributed by atoms with Gasteiger partial charge < -0.3 is 14.5 Å². The van der Waals surface area contributed by atoms with Crippen LogP contribution in [0, 0.1) is 5.82 Å². The van der Waals surface area contributed by atoms with E-state index in [2.05, 4.69) is 10.4 Å². The molecule has 1 amide bonds. The van der Waals surface area contributed by atoms with Crippen molar-refractivity contribution in [3.8, 4) is 11.5 Å². The first-order valence-electron chi connectivity index (χ1n) is 9.31. The average molecular weight is 413 g/mol. The van der Waals surface area contributed by atoms with Gasteiger partial charge in [-0.25, -0.2) is 9.18 Å². The lowest BCUT2D eigenvalue weighted by atomic mass is 10.1. The minimum Gasteiger partial charge on any atom is -0.454 e. The quantitative estimate of drug-likeness (QED) is 0.425. The van der Waals surface area contributed by atoms with Crippen molar-refractivity contribution in [2.75, 3.05) is 13.2 Å². The Labute approximate surface area is 171 Å². The number of halogens is 1. The van der Waals surface area contributed by atoms with Crippen LogP contribution < -0.4 is 11.1 Å². The number of aromatic nitrogens is 2. The molecule has 1 N–H and O–H groups in total. The first-order valence-corrected chi connectivity index (χ1v) is 9.31. The van der Waals surface area contributed by atoms with Crippen LogP contribution in [0.15, 0.2) is 63.8 Å². The number of nitrogens with zero attached hydrogens (tertiary/aromatic N) is 2. The van der Waals surface area contributed by atoms with Gasteiger partial charge in [0, 0.05) is 12.1 Å². The minimum absolute atomic E-state index is 0.0519. The molecule has 0 saturated carbocycles. The van der Waals surface area contributed by atoms with E-state index < -0.39 is 36.6 Å². The molecule has 156 valence electrons. The number of esters is 1. The topological polar surface area (TPSA) is 103 Å². The molecule has 0 aliphatic rings.